The lowest BCUT2D eigenvalue weighted by atomic mass is 10.1. The highest BCUT2D eigenvalue weighted by molar-refractivity contribution is 7.47. The first kappa shape index (κ1) is 38.2. The summed E-state index contributed by atoms with van der Waals surface area (Å²) >= 11 is 0. The number of unbranched alkanes of at least 4 members (excludes halogenated alkanes) is 11. The molecule has 0 aliphatic heterocycles. The molecule has 3 atom stereocenters. The average molecular weight is 594 g/mol. The number of carboxylic acids is 1. The SMILES string of the molecule is CCC/C=C\CCCCCCCC(=O)NC(COP(=O)(O)OCC(O)COC(=O)CCCCCCCC)C(=O)O. The van der Waals surface area contributed by atoms with E-state index in [0.29, 0.717) is 12.8 Å². The van der Waals surface area contributed by atoms with E-state index in [4.69, 9.17) is 9.26 Å². The number of hydrogen-bond donors (Lipinski definition) is 4. The van der Waals surface area contributed by atoms with Gasteiger partial charge >= 0.3 is 19.8 Å². The Morgan fingerprint density at radius 1 is 0.775 bits per heavy atom. The highest BCUT2D eigenvalue weighted by Gasteiger charge is 2.28. The van der Waals surface area contributed by atoms with Crippen molar-refractivity contribution >= 4 is 25.7 Å². The Bertz CT molecular complexity index is 761. The standard InChI is InChI=1S/C28H52NO10P/c1-3-5-7-9-11-12-13-14-15-17-19-26(31)29-25(28(33)34)23-39-40(35,36)38-22-24(30)21-37-27(32)20-18-16-10-8-6-4-2/h7,9,24-25,30H,3-6,8,10-23H2,1-2H3,(H,29,31)(H,33,34)(H,35,36)/b9-7-. The van der Waals surface area contributed by atoms with Crippen LogP contribution in [0.15, 0.2) is 12.2 Å². The van der Waals surface area contributed by atoms with Crippen LogP contribution in [0.3, 0.4) is 0 Å². The number of aliphatic carboxylic acids is 1. The lowest BCUT2D eigenvalue weighted by molar-refractivity contribution is -0.147. The molecule has 0 aromatic carbocycles. The van der Waals surface area contributed by atoms with Crippen LogP contribution in [0.25, 0.3) is 0 Å². The van der Waals surface area contributed by atoms with Crippen molar-refractivity contribution in [2.24, 2.45) is 0 Å². The summed E-state index contributed by atoms with van der Waals surface area (Å²) in [5.41, 5.74) is 0. The van der Waals surface area contributed by atoms with Gasteiger partial charge in [0.2, 0.25) is 5.91 Å². The number of phosphoric ester groups is 1. The van der Waals surface area contributed by atoms with Crippen LogP contribution in [0.4, 0.5) is 0 Å². The molecule has 0 spiro atoms. The zero-order chi connectivity index (χ0) is 30.1. The molecular weight excluding hydrogens is 541 g/mol. The van der Waals surface area contributed by atoms with E-state index in [0.717, 1.165) is 70.6 Å². The molecule has 3 unspecified atom stereocenters. The first-order valence-electron chi connectivity index (χ1n) is 14.7. The molecule has 0 heterocycles. The maximum Gasteiger partial charge on any atom is 0.472 e. The summed E-state index contributed by atoms with van der Waals surface area (Å²) in [6.45, 7) is 2.38. The van der Waals surface area contributed by atoms with Crippen LogP contribution in [0.2, 0.25) is 0 Å². The Kier molecular flexibility index (Phi) is 23.9. The van der Waals surface area contributed by atoms with Gasteiger partial charge in [-0.2, -0.15) is 0 Å². The van der Waals surface area contributed by atoms with Crippen molar-refractivity contribution in [3.63, 3.8) is 0 Å². The first-order valence-corrected chi connectivity index (χ1v) is 16.2. The summed E-state index contributed by atoms with van der Waals surface area (Å²) in [7, 11) is -4.73. The number of hydrogen-bond acceptors (Lipinski definition) is 8. The molecule has 12 heteroatoms. The zero-order valence-corrected chi connectivity index (χ0v) is 25.3. The number of carbonyl (C=O) groups is 3. The lowest BCUT2D eigenvalue weighted by Gasteiger charge is -2.18. The predicted octanol–water partition coefficient (Wildman–Crippen LogP) is 5.43. The minimum absolute atomic E-state index is 0.136. The number of carboxylic acid groups (broad SMARTS) is 1. The fourth-order valence-corrected chi connectivity index (χ4v) is 4.44. The highest BCUT2D eigenvalue weighted by Crippen LogP contribution is 2.43. The van der Waals surface area contributed by atoms with Crippen LogP contribution in [0.1, 0.15) is 117 Å². The molecule has 11 nitrogen and oxygen atoms in total. The van der Waals surface area contributed by atoms with Gasteiger partial charge in [0.15, 0.2) is 6.04 Å². The predicted molar refractivity (Wildman–Crippen MR) is 153 cm³/mol. The fraction of sp³-hybridized carbons (Fsp3) is 0.821. The molecule has 0 fully saturated rings. The molecule has 0 radical (unpaired) electrons. The molecule has 4 N–H and O–H groups in total. The Morgan fingerprint density at radius 2 is 1.35 bits per heavy atom. The second kappa shape index (κ2) is 25.0. The van der Waals surface area contributed by atoms with Crippen LogP contribution >= 0.6 is 7.82 Å². The Labute approximate surface area is 239 Å². The number of esters is 1. The van der Waals surface area contributed by atoms with Gasteiger partial charge in [0, 0.05) is 12.8 Å². The number of aliphatic hydroxyl groups excluding tert-OH is 1. The molecule has 0 aliphatic carbocycles. The monoisotopic (exact) mass is 593 g/mol. The Morgan fingerprint density at radius 3 is 2.00 bits per heavy atom. The van der Waals surface area contributed by atoms with Crippen molar-refractivity contribution in [1.29, 1.82) is 0 Å². The third-order valence-electron chi connectivity index (χ3n) is 6.04. The van der Waals surface area contributed by atoms with Crippen LogP contribution < -0.4 is 5.32 Å². The molecular formula is C28H52NO10P. The van der Waals surface area contributed by atoms with E-state index in [1.165, 1.54) is 6.42 Å². The van der Waals surface area contributed by atoms with Gasteiger partial charge in [0.1, 0.15) is 12.7 Å². The van der Waals surface area contributed by atoms with E-state index in [-0.39, 0.29) is 12.8 Å². The summed E-state index contributed by atoms with van der Waals surface area (Å²) in [5.74, 6) is -2.40. The summed E-state index contributed by atoms with van der Waals surface area (Å²) in [6, 6.07) is -1.54. The van der Waals surface area contributed by atoms with Gasteiger partial charge in [-0.3, -0.25) is 18.6 Å². The van der Waals surface area contributed by atoms with Crippen molar-refractivity contribution in [2.75, 3.05) is 19.8 Å². The van der Waals surface area contributed by atoms with Gasteiger partial charge in [0.25, 0.3) is 0 Å². The number of amides is 1. The largest absolute Gasteiger partial charge is 0.480 e. The number of phosphoric acid groups is 1. The minimum atomic E-state index is -4.73. The van der Waals surface area contributed by atoms with Crippen LogP contribution in [-0.4, -0.2) is 64.9 Å². The van der Waals surface area contributed by atoms with Gasteiger partial charge in [-0.25, -0.2) is 9.36 Å². The summed E-state index contributed by atoms with van der Waals surface area (Å²) in [4.78, 5) is 45.1. The van der Waals surface area contributed by atoms with E-state index < -0.39 is 57.6 Å². The van der Waals surface area contributed by atoms with Gasteiger partial charge in [-0.05, 0) is 32.1 Å². The highest BCUT2D eigenvalue weighted by atomic mass is 31.2. The summed E-state index contributed by atoms with van der Waals surface area (Å²) in [5, 5.41) is 21.5. The number of nitrogens with one attached hydrogen (secondary N) is 1. The van der Waals surface area contributed by atoms with Crippen LogP contribution in [0.5, 0.6) is 0 Å². The maximum atomic E-state index is 12.1. The fourth-order valence-electron chi connectivity index (χ4n) is 3.67. The molecule has 0 aromatic rings. The van der Waals surface area contributed by atoms with E-state index in [1.807, 2.05) is 0 Å². The van der Waals surface area contributed by atoms with Crippen molar-refractivity contribution < 1.29 is 47.8 Å². The molecule has 0 saturated heterocycles. The third kappa shape index (κ3) is 24.1. The number of aliphatic hydroxyl groups is 1. The Hall–Kier alpha value is -1.78. The van der Waals surface area contributed by atoms with E-state index >= 15 is 0 Å². The van der Waals surface area contributed by atoms with Crippen molar-refractivity contribution in [2.45, 2.75) is 129 Å². The minimum Gasteiger partial charge on any atom is -0.480 e. The smallest absolute Gasteiger partial charge is 0.472 e. The molecule has 0 bridgehead atoms. The molecule has 0 saturated carbocycles. The maximum absolute atomic E-state index is 12.1. The van der Waals surface area contributed by atoms with Crippen molar-refractivity contribution in [1.82, 2.24) is 5.32 Å². The number of rotatable bonds is 27. The first-order chi connectivity index (χ1) is 19.1. The van der Waals surface area contributed by atoms with Crippen LogP contribution in [-0.2, 0) is 32.7 Å². The van der Waals surface area contributed by atoms with Crippen LogP contribution in [0, 0.1) is 0 Å². The molecule has 0 rings (SSSR count). The summed E-state index contributed by atoms with van der Waals surface area (Å²) in [6.07, 6.45) is 17.3. The number of carbonyl (C=O) groups excluding carboxylic acids is 2. The average Bonchev–Trinajstić information content (AvgIpc) is 2.91. The van der Waals surface area contributed by atoms with Crippen molar-refractivity contribution in [3.05, 3.63) is 12.2 Å². The third-order valence-corrected chi connectivity index (χ3v) is 6.99. The Balaban J connectivity index is 4.12. The topological polar surface area (TPSA) is 169 Å². The zero-order valence-electron chi connectivity index (χ0n) is 24.4. The van der Waals surface area contributed by atoms with Gasteiger partial charge in [-0.1, -0.05) is 83.8 Å². The quantitative estimate of drug-likeness (QED) is 0.0417. The number of allylic oxidation sites excluding steroid dienone is 2. The lowest BCUT2D eigenvalue weighted by Crippen LogP contribution is -2.43. The van der Waals surface area contributed by atoms with Gasteiger partial charge in [-0.15, -0.1) is 0 Å². The molecule has 1 amide bonds. The van der Waals surface area contributed by atoms with Crippen molar-refractivity contribution in [3.8, 4) is 0 Å². The second-order valence-corrected chi connectivity index (χ2v) is 11.4. The van der Waals surface area contributed by atoms with E-state index in [2.05, 4.69) is 35.8 Å². The molecule has 234 valence electrons. The number of ether oxygens (including phenoxy) is 1. The second-order valence-electron chi connectivity index (χ2n) is 9.94. The van der Waals surface area contributed by atoms with E-state index in [1.54, 1.807) is 0 Å². The van der Waals surface area contributed by atoms with Gasteiger partial charge in [0.05, 0.1) is 13.2 Å². The van der Waals surface area contributed by atoms with Gasteiger partial charge < -0.3 is 25.2 Å². The molecule has 0 aliphatic rings. The van der Waals surface area contributed by atoms with E-state index in [9.17, 15) is 34.1 Å². The normalized spacial score (nSPS) is 14.5. The molecule has 40 heavy (non-hydrogen) atoms. The molecule has 0 aromatic heterocycles. The summed E-state index contributed by atoms with van der Waals surface area (Å²) < 4.78 is 26.4.